The zero-order valence-electron chi connectivity index (χ0n) is 16.5. The second-order valence-corrected chi connectivity index (χ2v) is 6.15. The zero-order valence-corrected chi connectivity index (χ0v) is 18.8. The lowest BCUT2D eigenvalue weighted by atomic mass is 10.0. The van der Waals surface area contributed by atoms with Crippen LogP contribution >= 0.6 is 24.0 Å². The molecule has 0 spiro atoms. The number of likely N-dealkylation sites (N-methyl/N-ethyl adjacent to an activating group) is 1. The molecule has 148 valence electrons. The van der Waals surface area contributed by atoms with E-state index in [1.807, 2.05) is 55.6 Å². The first-order valence-corrected chi connectivity index (χ1v) is 8.88. The molecule has 27 heavy (non-hydrogen) atoms. The van der Waals surface area contributed by atoms with E-state index in [-0.39, 0.29) is 24.0 Å². The standard InChI is InChI=1S/C21H29N3O2.HI/c1-17(19-12-8-9-13-20(19)25-4)16-23-21(22-2)24(3)14-15-26-18-10-6-5-7-11-18;/h5-13,17H,14-16H2,1-4H3,(H,22,23);1H. The molecule has 0 aliphatic heterocycles. The van der Waals surface area contributed by atoms with Crippen molar-refractivity contribution in [3.05, 3.63) is 60.2 Å². The Morgan fingerprint density at radius 2 is 1.78 bits per heavy atom. The van der Waals surface area contributed by atoms with Crippen LogP contribution in [0.15, 0.2) is 59.6 Å². The van der Waals surface area contributed by atoms with Gasteiger partial charge in [0.15, 0.2) is 5.96 Å². The Balaban J connectivity index is 0.00000364. The second kappa shape index (κ2) is 12.4. The van der Waals surface area contributed by atoms with Crippen molar-refractivity contribution in [2.24, 2.45) is 4.99 Å². The van der Waals surface area contributed by atoms with Crippen molar-refractivity contribution >= 4 is 29.9 Å². The lowest BCUT2D eigenvalue weighted by Gasteiger charge is -2.24. The molecule has 0 amide bonds. The number of aliphatic imine (C=N–C) groups is 1. The van der Waals surface area contributed by atoms with Crippen LogP contribution < -0.4 is 14.8 Å². The van der Waals surface area contributed by atoms with E-state index in [0.717, 1.165) is 30.5 Å². The molecule has 6 heteroatoms. The molecular formula is C21H30IN3O2. The van der Waals surface area contributed by atoms with E-state index in [2.05, 4.69) is 28.2 Å². The van der Waals surface area contributed by atoms with E-state index >= 15 is 0 Å². The molecule has 0 bridgehead atoms. The summed E-state index contributed by atoms with van der Waals surface area (Å²) in [7, 11) is 5.51. The van der Waals surface area contributed by atoms with Crippen molar-refractivity contribution in [2.75, 3.05) is 40.9 Å². The highest BCUT2D eigenvalue weighted by Gasteiger charge is 2.13. The number of hydrogen-bond donors (Lipinski definition) is 1. The molecule has 0 aliphatic rings. The molecule has 0 radical (unpaired) electrons. The van der Waals surface area contributed by atoms with Crippen molar-refractivity contribution in [1.82, 2.24) is 10.2 Å². The van der Waals surface area contributed by atoms with Gasteiger partial charge in [0.25, 0.3) is 0 Å². The van der Waals surface area contributed by atoms with Crippen molar-refractivity contribution < 1.29 is 9.47 Å². The molecule has 5 nitrogen and oxygen atoms in total. The summed E-state index contributed by atoms with van der Waals surface area (Å²) in [4.78, 5) is 6.43. The summed E-state index contributed by atoms with van der Waals surface area (Å²) in [5.74, 6) is 2.95. The first-order valence-electron chi connectivity index (χ1n) is 8.88. The lowest BCUT2D eigenvalue weighted by molar-refractivity contribution is 0.281. The monoisotopic (exact) mass is 483 g/mol. The Morgan fingerprint density at radius 3 is 2.44 bits per heavy atom. The molecule has 2 aromatic rings. The summed E-state index contributed by atoms with van der Waals surface area (Å²) in [6.45, 7) is 4.30. The van der Waals surface area contributed by atoms with Gasteiger partial charge in [0, 0.05) is 26.6 Å². The van der Waals surface area contributed by atoms with Crippen LogP contribution in [0.25, 0.3) is 0 Å². The smallest absolute Gasteiger partial charge is 0.193 e. The maximum atomic E-state index is 5.76. The molecule has 0 fully saturated rings. The molecule has 0 aliphatic carbocycles. The molecule has 0 saturated heterocycles. The summed E-state index contributed by atoms with van der Waals surface area (Å²) >= 11 is 0. The Kier molecular flexibility index (Phi) is 10.6. The lowest BCUT2D eigenvalue weighted by Crippen LogP contribution is -2.42. The Labute approximate surface area is 179 Å². The van der Waals surface area contributed by atoms with Gasteiger partial charge in [-0.05, 0) is 23.8 Å². The van der Waals surface area contributed by atoms with Gasteiger partial charge in [-0.1, -0.05) is 43.3 Å². The highest BCUT2D eigenvalue weighted by atomic mass is 127. The molecule has 1 unspecified atom stereocenters. The number of ether oxygens (including phenoxy) is 2. The number of para-hydroxylation sites is 2. The molecule has 0 heterocycles. The van der Waals surface area contributed by atoms with Gasteiger partial charge in [0.05, 0.1) is 13.7 Å². The highest BCUT2D eigenvalue weighted by Crippen LogP contribution is 2.25. The Morgan fingerprint density at radius 1 is 1.11 bits per heavy atom. The summed E-state index contributed by atoms with van der Waals surface area (Å²) in [6.07, 6.45) is 0. The van der Waals surface area contributed by atoms with Crippen molar-refractivity contribution in [3.63, 3.8) is 0 Å². The largest absolute Gasteiger partial charge is 0.496 e. The van der Waals surface area contributed by atoms with E-state index < -0.39 is 0 Å². The van der Waals surface area contributed by atoms with E-state index in [0.29, 0.717) is 12.5 Å². The molecule has 2 aromatic carbocycles. The summed E-state index contributed by atoms with van der Waals surface area (Å²) in [6, 6.07) is 18.0. The Hall–Kier alpha value is -1.96. The summed E-state index contributed by atoms with van der Waals surface area (Å²) in [5, 5.41) is 3.43. The predicted molar refractivity (Wildman–Crippen MR) is 123 cm³/mol. The number of methoxy groups -OCH3 is 1. The van der Waals surface area contributed by atoms with Crippen LogP contribution in [0.5, 0.6) is 11.5 Å². The topological polar surface area (TPSA) is 46.1 Å². The van der Waals surface area contributed by atoms with Gasteiger partial charge in [-0.3, -0.25) is 4.99 Å². The fourth-order valence-electron chi connectivity index (χ4n) is 2.74. The number of nitrogens with one attached hydrogen (secondary N) is 1. The fourth-order valence-corrected chi connectivity index (χ4v) is 2.74. The molecule has 2 rings (SSSR count). The maximum absolute atomic E-state index is 5.76. The number of guanidine groups is 1. The molecule has 0 aromatic heterocycles. The third-order valence-electron chi connectivity index (χ3n) is 4.25. The first-order chi connectivity index (χ1) is 12.7. The summed E-state index contributed by atoms with van der Waals surface area (Å²) in [5.41, 5.74) is 1.19. The number of halogens is 1. The van der Waals surface area contributed by atoms with Crippen LogP contribution in [0, 0.1) is 0 Å². The normalized spacial score (nSPS) is 11.9. The third-order valence-corrected chi connectivity index (χ3v) is 4.25. The number of benzene rings is 2. The fraction of sp³-hybridized carbons (Fsp3) is 0.381. The van der Waals surface area contributed by atoms with Gasteiger partial charge in [0.2, 0.25) is 0 Å². The van der Waals surface area contributed by atoms with Crippen molar-refractivity contribution in [3.8, 4) is 11.5 Å². The van der Waals surface area contributed by atoms with Gasteiger partial charge in [-0.15, -0.1) is 24.0 Å². The number of rotatable bonds is 8. The molecule has 0 saturated carbocycles. The number of hydrogen-bond acceptors (Lipinski definition) is 3. The van der Waals surface area contributed by atoms with E-state index in [9.17, 15) is 0 Å². The quantitative estimate of drug-likeness (QED) is 0.350. The average molecular weight is 483 g/mol. The average Bonchev–Trinajstić information content (AvgIpc) is 2.69. The van der Waals surface area contributed by atoms with E-state index in [1.54, 1.807) is 14.2 Å². The maximum Gasteiger partial charge on any atom is 0.193 e. The molecular weight excluding hydrogens is 453 g/mol. The SMILES string of the molecule is CN=C(NCC(C)c1ccccc1OC)N(C)CCOc1ccccc1.I. The minimum Gasteiger partial charge on any atom is -0.496 e. The van der Waals surface area contributed by atoms with E-state index in [4.69, 9.17) is 9.47 Å². The van der Waals surface area contributed by atoms with Gasteiger partial charge in [-0.25, -0.2) is 0 Å². The second-order valence-electron chi connectivity index (χ2n) is 6.15. The van der Waals surface area contributed by atoms with Gasteiger partial charge in [-0.2, -0.15) is 0 Å². The first kappa shape index (κ1) is 23.1. The summed E-state index contributed by atoms with van der Waals surface area (Å²) < 4.78 is 11.2. The van der Waals surface area contributed by atoms with Crippen molar-refractivity contribution in [1.29, 1.82) is 0 Å². The highest BCUT2D eigenvalue weighted by molar-refractivity contribution is 14.0. The molecule has 1 atom stereocenters. The molecule has 1 N–H and O–H groups in total. The van der Waals surface area contributed by atoms with Gasteiger partial charge < -0.3 is 19.7 Å². The van der Waals surface area contributed by atoms with Crippen LogP contribution in [0.3, 0.4) is 0 Å². The zero-order chi connectivity index (χ0) is 18.8. The van der Waals surface area contributed by atoms with Crippen LogP contribution in [-0.2, 0) is 0 Å². The van der Waals surface area contributed by atoms with Crippen LogP contribution in [-0.4, -0.2) is 51.8 Å². The van der Waals surface area contributed by atoms with Crippen LogP contribution in [0.2, 0.25) is 0 Å². The third kappa shape index (κ3) is 7.28. The van der Waals surface area contributed by atoms with Gasteiger partial charge in [0.1, 0.15) is 18.1 Å². The van der Waals surface area contributed by atoms with Gasteiger partial charge >= 0.3 is 0 Å². The van der Waals surface area contributed by atoms with Crippen LogP contribution in [0.4, 0.5) is 0 Å². The van der Waals surface area contributed by atoms with Crippen molar-refractivity contribution in [2.45, 2.75) is 12.8 Å². The van der Waals surface area contributed by atoms with Crippen LogP contribution in [0.1, 0.15) is 18.4 Å². The predicted octanol–water partition coefficient (Wildman–Crippen LogP) is 4.00. The minimum absolute atomic E-state index is 0. The number of nitrogens with zero attached hydrogens (tertiary/aromatic N) is 2. The minimum atomic E-state index is 0. The van der Waals surface area contributed by atoms with E-state index in [1.165, 1.54) is 5.56 Å². The Bertz CT molecular complexity index is 695.